The number of rotatable bonds is 6. The number of carbonyl (C=O) groups is 1. The van der Waals surface area contributed by atoms with Crippen LogP contribution in [0, 0.1) is 0 Å². The zero-order valence-corrected chi connectivity index (χ0v) is 16.6. The standard InChI is InChI=1S/C23H20N4O3/c1-3-27-23-19(14-25-27)21(16-11-17(30-2)13-24-12-16)18(9-10-20(28)29)22(26-23)15-7-5-4-6-8-15/h4-14H,3H2,1-2H3,(H,28,29)/b10-9+. The second kappa shape index (κ2) is 8.16. The van der Waals surface area contributed by atoms with Crippen molar-refractivity contribution < 1.29 is 14.6 Å². The Labute approximate surface area is 173 Å². The number of ether oxygens (including phenoxy) is 1. The second-order valence-corrected chi connectivity index (χ2v) is 6.60. The first-order valence-electron chi connectivity index (χ1n) is 9.47. The van der Waals surface area contributed by atoms with Gasteiger partial charge in [-0.3, -0.25) is 4.98 Å². The summed E-state index contributed by atoms with van der Waals surface area (Å²) in [7, 11) is 1.58. The minimum Gasteiger partial charge on any atom is -0.495 e. The van der Waals surface area contributed by atoms with E-state index in [1.165, 1.54) is 0 Å². The summed E-state index contributed by atoms with van der Waals surface area (Å²) in [4.78, 5) is 20.5. The molecule has 0 aliphatic heterocycles. The van der Waals surface area contributed by atoms with Crippen molar-refractivity contribution >= 4 is 23.1 Å². The van der Waals surface area contributed by atoms with Crippen LogP contribution >= 0.6 is 0 Å². The molecule has 7 heteroatoms. The lowest BCUT2D eigenvalue weighted by Gasteiger charge is -2.14. The number of fused-ring (bicyclic) bond motifs is 1. The van der Waals surface area contributed by atoms with E-state index in [2.05, 4.69) is 10.1 Å². The van der Waals surface area contributed by atoms with Gasteiger partial charge in [0.05, 0.1) is 25.2 Å². The molecule has 3 heterocycles. The highest BCUT2D eigenvalue weighted by Gasteiger charge is 2.20. The van der Waals surface area contributed by atoms with E-state index in [0.29, 0.717) is 23.6 Å². The first kappa shape index (κ1) is 19.3. The van der Waals surface area contributed by atoms with Crippen molar-refractivity contribution in [2.24, 2.45) is 0 Å². The van der Waals surface area contributed by atoms with E-state index in [-0.39, 0.29) is 0 Å². The molecule has 0 aliphatic carbocycles. The van der Waals surface area contributed by atoms with Crippen LogP contribution in [-0.2, 0) is 11.3 Å². The first-order chi connectivity index (χ1) is 14.6. The Bertz CT molecular complexity index is 1250. The van der Waals surface area contributed by atoms with Crippen LogP contribution in [0.5, 0.6) is 5.75 Å². The van der Waals surface area contributed by atoms with Crippen LogP contribution in [0.25, 0.3) is 39.5 Å². The van der Waals surface area contributed by atoms with Crippen LogP contribution in [0.3, 0.4) is 0 Å². The van der Waals surface area contributed by atoms with Crippen LogP contribution in [0.15, 0.2) is 61.1 Å². The fraction of sp³-hybridized carbons (Fsp3) is 0.130. The molecule has 4 rings (SSSR count). The molecule has 7 nitrogen and oxygen atoms in total. The third-order valence-corrected chi connectivity index (χ3v) is 4.80. The first-order valence-corrected chi connectivity index (χ1v) is 9.47. The molecule has 1 N–H and O–H groups in total. The summed E-state index contributed by atoms with van der Waals surface area (Å²) in [6.45, 7) is 2.66. The number of carboxylic acid groups (broad SMARTS) is 1. The molecule has 0 radical (unpaired) electrons. The maximum absolute atomic E-state index is 11.3. The van der Waals surface area contributed by atoms with Crippen molar-refractivity contribution in [1.82, 2.24) is 19.7 Å². The van der Waals surface area contributed by atoms with Gasteiger partial charge in [0.2, 0.25) is 0 Å². The summed E-state index contributed by atoms with van der Waals surface area (Å²) in [5, 5.41) is 14.6. The van der Waals surface area contributed by atoms with Gasteiger partial charge in [0.15, 0.2) is 5.65 Å². The zero-order chi connectivity index (χ0) is 21.1. The van der Waals surface area contributed by atoms with E-state index < -0.39 is 5.97 Å². The van der Waals surface area contributed by atoms with E-state index in [1.807, 2.05) is 48.0 Å². The second-order valence-electron chi connectivity index (χ2n) is 6.60. The van der Waals surface area contributed by atoms with Gasteiger partial charge >= 0.3 is 5.97 Å². The quantitative estimate of drug-likeness (QED) is 0.486. The highest BCUT2D eigenvalue weighted by molar-refractivity contribution is 6.02. The van der Waals surface area contributed by atoms with Gasteiger partial charge in [-0.2, -0.15) is 5.10 Å². The van der Waals surface area contributed by atoms with Gasteiger partial charge in [0.25, 0.3) is 0 Å². The molecule has 150 valence electrons. The molecule has 30 heavy (non-hydrogen) atoms. The van der Waals surface area contributed by atoms with Gasteiger partial charge in [-0.15, -0.1) is 0 Å². The maximum Gasteiger partial charge on any atom is 0.328 e. The van der Waals surface area contributed by atoms with Gasteiger partial charge in [-0.1, -0.05) is 30.3 Å². The molecular weight excluding hydrogens is 380 g/mol. The Morgan fingerprint density at radius 1 is 1.17 bits per heavy atom. The molecule has 0 fully saturated rings. The molecular formula is C23H20N4O3. The predicted octanol–water partition coefficient (Wildman–Crippen LogP) is 4.29. The zero-order valence-electron chi connectivity index (χ0n) is 16.6. The highest BCUT2D eigenvalue weighted by Crippen LogP contribution is 2.38. The van der Waals surface area contributed by atoms with Crippen LogP contribution in [0.4, 0.5) is 0 Å². The average molecular weight is 400 g/mol. The van der Waals surface area contributed by atoms with Gasteiger partial charge in [-0.25, -0.2) is 14.5 Å². The van der Waals surface area contributed by atoms with Crippen molar-refractivity contribution in [2.45, 2.75) is 13.5 Å². The lowest BCUT2D eigenvalue weighted by molar-refractivity contribution is -0.131. The summed E-state index contributed by atoms with van der Waals surface area (Å²) in [5.41, 5.74) is 4.56. The van der Waals surface area contributed by atoms with Gasteiger partial charge in [-0.05, 0) is 19.1 Å². The maximum atomic E-state index is 11.3. The van der Waals surface area contributed by atoms with Crippen LogP contribution in [-0.4, -0.2) is 37.9 Å². The number of methoxy groups -OCH3 is 1. The lowest BCUT2D eigenvalue weighted by Crippen LogP contribution is -2.01. The molecule has 3 aromatic heterocycles. The van der Waals surface area contributed by atoms with E-state index in [4.69, 9.17) is 9.72 Å². The van der Waals surface area contributed by atoms with Crippen LogP contribution in [0.2, 0.25) is 0 Å². The number of hydrogen-bond acceptors (Lipinski definition) is 5. The molecule has 0 saturated carbocycles. The molecule has 0 aliphatic rings. The summed E-state index contributed by atoms with van der Waals surface area (Å²) < 4.78 is 7.18. The van der Waals surface area contributed by atoms with Crippen molar-refractivity contribution in [2.75, 3.05) is 7.11 Å². The summed E-state index contributed by atoms with van der Waals surface area (Å²) in [5.74, 6) is -0.428. The molecule has 0 bridgehead atoms. The monoisotopic (exact) mass is 400 g/mol. The number of aryl methyl sites for hydroxylation is 1. The van der Waals surface area contributed by atoms with Gasteiger partial charge in [0.1, 0.15) is 5.75 Å². The van der Waals surface area contributed by atoms with Gasteiger partial charge in [0, 0.05) is 46.5 Å². The van der Waals surface area contributed by atoms with Crippen LogP contribution in [0.1, 0.15) is 12.5 Å². The minimum atomic E-state index is -1.03. The SMILES string of the molecule is CCn1ncc2c(-c3cncc(OC)c3)c(/C=C/C(=O)O)c(-c3ccccc3)nc21. The van der Waals surface area contributed by atoms with E-state index in [1.54, 1.807) is 31.8 Å². The number of hydrogen-bond donors (Lipinski definition) is 1. The average Bonchev–Trinajstić information content (AvgIpc) is 3.20. The topological polar surface area (TPSA) is 90.1 Å². The lowest BCUT2D eigenvalue weighted by atomic mass is 9.94. The number of carboxylic acids is 1. The van der Waals surface area contributed by atoms with E-state index >= 15 is 0 Å². The number of aromatic nitrogens is 4. The Morgan fingerprint density at radius 2 is 1.97 bits per heavy atom. The smallest absolute Gasteiger partial charge is 0.328 e. The fourth-order valence-electron chi connectivity index (χ4n) is 3.45. The third kappa shape index (κ3) is 3.53. The normalized spacial score (nSPS) is 11.3. The summed E-state index contributed by atoms with van der Waals surface area (Å²) in [6.07, 6.45) is 7.81. The van der Waals surface area contributed by atoms with Crippen molar-refractivity contribution in [3.63, 3.8) is 0 Å². The van der Waals surface area contributed by atoms with Crippen molar-refractivity contribution in [1.29, 1.82) is 0 Å². The summed E-state index contributed by atoms with van der Waals surface area (Å²) >= 11 is 0. The fourth-order valence-corrected chi connectivity index (χ4v) is 3.45. The van der Waals surface area contributed by atoms with Crippen molar-refractivity contribution in [3.05, 3.63) is 66.6 Å². The highest BCUT2D eigenvalue weighted by atomic mass is 16.5. The molecule has 0 saturated heterocycles. The molecule has 0 atom stereocenters. The Kier molecular flexibility index (Phi) is 5.26. The molecule has 0 spiro atoms. The number of pyridine rings is 2. The number of benzene rings is 1. The largest absolute Gasteiger partial charge is 0.495 e. The van der Waals surface area contributed by atoms with Gasteiger partial charge < -0.3 is 9.84 Å². The minimum absolute atomic E-state index is 0.606. The van der Waals surface area contributed by atoms with Crippen LogP contribution < -0.4 is 4.74 Å². The molecule has 0 unspecified atom stereocenters. The number of nitrogens with zero attached hydrogens (tertiary/aromatic N) is 4. The Morgan fingerprint density at radius 3 is 2.67 bits per heavy atom. The molecule has 1 aromatic carbocycles. The Hall–Kier alpha value is -4.00. The predicted molar refractivity (Wildman–Crippen MR) is 115 cm³/mol. The summed E-state index contributed by atoms with van der Waals surface area (Å²) in [6, 6.07) is 11.6. The van der Waals surface area contributed by atoms with Crippen molar-refractivity contribution in [3.8, 4) is 28.1 Å². The number of aliphatic carboxylic acids is 1. The van der Waals surface area contributed by atoms with E-state index in [0.717, 1.165) is 33.8 Å². The third-order valence-electron chi connectivity index (χ3n) is 4.80. The van der Waals surface area contributed by atoms with E-state index in [9.17, 15) is 9.90 Å². The molecule has 0 amide bonds. The molecule has 4 aromatic rings. The Balaban J connectivity index is 2.14.